The number of nitrogens with zero attached hydrogens (tertiary/aromatic N) is 1. The molecule has 0 atom stereocenters. The molecule has 20 heavy (non-hydrogen) atoms. The monoisotopic (exact) mass is 286 g/mol. The van der Waals surface area contributed by atoms with Crippen LogP contribution in [0.5, 0.6) is 0 Å². The SMILES string of the molecule is C/C(=C/C(=O)c1cccnc1)Nc1cccc(Cl)c1C. The molecule has 1 aromatic carbocycles. The number of halogens is 1. The lowest BCUT2D eigenvalue weighted by atomic mass is 10.1. The Labute approximate surface area is 123 Å². The molecule has 102 valence electrons. The molecule has 0 aliphatic heterocycles. The third kappa shape index (κ3) is 3.45. The Bertz CT molecular complexity index is 651. The molecule has 0 aliphatic carbocycles. The first-order valence-electron chi connectivity index (χ1n) is 6.22. The number of nitrogens with one attached hydrogen (secondary N) is 1. The fourth-order valence-electron chi connectivity index (χ4n) is 1.78. The van der Waals surface area contributed by atoms with Crippen LogP contribution in [-0.4, -0.2) is 10.8 Å². The van der Waals surface area contributed by atoms with Gasteiger partial charge in [-0.05, 0) is 43.7 Å². The van der Waals surface area contributed by atoms with Crippen molar-refractivity contribution in [3.8, 4) is 0 Å². The van der Waals surface area contributed by atoms with E-state index in [1.54, 1.807) is 30.6 Å². The molecule has 0 fully saturated rings. The largest absolute Gasteiger partial charge is 0.359 e. The van der Waals surface area contributed by atoms with Gasteiger partial charge >= 0.3 is 0 Å². The van der Waals surface area contributed by atoms with Gasteiger partial charge in [0, 0.05) is 40.4 Å². The molecule has 0 spiro atoms. The van der Waals surface area contributed by atoms with Crippen LogP contribution in [0.2, 0.25) is 5.02 Å². The summed E-state index contributed by atoms with van der Waals surface area (Å²) in [4.78, 5) is 15.9. The lowest BCUT2D eigenvalue weighted by Crippen LogP contribution is -2.02. The number of hydrogen-bond donors (Lipinski definition) is 1. The third-order valence-electron chi connectivity index (χ3n) is 2.89. The highest BCUT2D eigenvalue weighted by Crippen LogP contribution is 2.24. The van der Waals surface area contributed by atoms with Gasteiger partial charge in [-0.2, -0.15) is 0 Å². The first kappa shape index (κ1) is 14.3. The number of allylic oxidation sites excluding steroid dienone is 2. The summed E-state index contributed by atoms with van der Waals surface area (Å²) < 4.78 is 0. The van der Waals surface area contributed by atoms with Crippen LogP contribution in [0.25, 0.3) is 0 Å². The second kappa shape index (κ2) is 6.35. The van der Waals surface area contributed by atoms with Crippen molar-refractivity contribution in [3.05, 3.63) is 70.6 Å². The molecule has 2 aromatic rings. The molecule has 0 saturated carbocycles. The van der Waals surface area contributed by atoms with E-state index in [4.69, 9.17) is 11.6 Å². The number of anilines is 1. The number of aromatic nitrogens is 1. The van der Waals surface area contributed by atoms with Gasteiger partial charge in [-0.1, -0.05) is 17.7 Å². The summed E-state index contributed by atoms with van der Waals surface area (Å²) in [6.45, 7) is 3.77. The van der Waals surface area contributed by atoms with E-state index in [9.17, 15) is 4.79 Å². The van der Waals surface area contributed by atoms with Crippen molar-refractivity contribution in [1.29, 1.82) is 0 Å². The van der Waals surface area contributed by atoms with E-state index in [0.29, 0.717) is 10.6 Å². The van der Waals surface area contributed by atoms with Crippen molar-refractivity contribution in [3.63, 3.8) is 0 Å². The molecular weight excluding hydrogens is 272 g/mol. The van der Waals surface area contributed by atoms with Gasteiger partial charge in [0.15, 0.2) is 5.78 Å². The molecule has 0 amide bonds. The number of rotatable bonds is 4. The highest BCUT2D eigenvalue weighted by Gasteiger charge is 2.05. The molecule has 4 heteroatoms. The highest BCUT2D eigenvalue weighted by atomic mass is 35.5. The standard InChI is InChI=1S/C16H15ClN2O/c1-11(9-16(20)13-5-4-8-18-10-13)19-15-7-3-6-14(17)12(15)2/h3-10,19H,1-2H3/b11-9-. The van der Waals surface area contributed by atoms with Gasteiger partial charge < -0.3 is 5.32 Å². The van der Waals surface area contributed by atoms with Crippen molar-refractivity contribution in [1.82, 2.24) is 4.98 Å². The third-order valence-corrected chi connectivity index (χ3v) is 3.30. The summed E-state index contributed by atoms with van der Waals surface area (Å²) in [6, 6.07) is 9.11. The second-order valence-electron chi connectivity index (χ2n) is 4.47. The Balaban J connectivity index is 2.16. The topological polar surface area (TPSA) is 42.0 Å². The van der Waals surface area contributed by atoms with Crippen LogP contribution in [-0.2, 0) is 0 Å². The van der Waals surface area contributed by atoms with Gasteiger partial charge in [0.1, 0.15) is 0 Å². The Morgan fingerprint density at radius 2 is 2.10 bits per heavy atom. The molecule has 1 N–H and O–H groups in total. The normalized spacial score (nSPS) is 11.2. The van der Waals surface area contributed by atoms with Gasteiger partial charge in [-0.3, -0.25) is 9.78 Å². The van der Waals surface area contributed by atoms with Crippen LogP contribution >= 0.6 is 11.6 Å². The maximum atomic E-state index is 12.0. The second-order valence-corrected chi connectivity index (χ2v) is 4.88. The quantitative estimate of drug-likeness (QED) is 0.675. The van der Waals surface area contributed by atoms with Crippen molar-refractivity contribution < 1.29 is 4.79 Å². The van der Waals surface area contributed by atoms with Crippen LogP contribution in [0.3, 0.4) is 0 Å². The maximum absolute atomic E-state index is 12.0. The summed E-state index contributed by atoms with van der Waals surface area (Å²) in [5.74, 6) is -0.0808. The summed E-state index contributed by atoms with van der Waals surface area (Å²) in [5.41, 5.74) is 3.17. The number of ketones is 1. The summed E-state index contributed by atoms with van der Waals surface area (Å²) >= 11 is 6.06. The Morgan fingerprint density at radius 1 is 1.30 bits per heavy atom. The van der Waals surface area contributed by atoms with Gasteiger partial charge in [-0.15, -0.1) is 0 Å². The van der Waals surface area contributed by atoms with Crippen LogP contribution in [0, 0.1) is 6.92 Å². The van der Waals surface area contributed by atoms with Crippen LogP contribution < -0.4 is 5.32 Å². The average molecular weight is 287 g/mol. The van der Waals surface area contributed by atoms with Gasteiger partial charge in [-0.25, -0.2) is 0 Å². The molecule has 2 rings (SSSR count). The molecular formula is C16H15ClN2O. The predicted octanol–water partition coefficient (Wildman–Crippen LogP) is 4.24. The summed E-state index contributed by atoms with van der Waals surface area (Å²) in [5, 5.41) is 3.88. The lowest BCUT2D eigenvalue weighted by Gasteiger charge is -2.10. The number of pyridine rings is 1. The number of carbonyl (C=O) groups is 1. The van der Waals surface area contributed by atoms with Gasteiger partial charge in [0.25, 0.3) is 0 Å². The maximum Gasteiger partial charge on any atom is 0.189 e. The number of benzene rings is 1. The van der Waals surface area contributed by atoms with Crippen LogP contribution in [0.15, 0.2) is 54.5 Å². The molecule has 0 saturated heterocycles. The molecule has 0 radical (unpaired) electrons. The highest BCUT2D eigenvalue weighted by molar-refractivity contribution is 6.31. The van der Waals surface area contributed by atoms with Gasteiger partial charge in [0.2, 0.25) is 0 Å². The van der Waals surface area contributed by atoms with Crippen molar-refractivity contribution in [2.45, 2.75) is 13.8 Å². The first-order chi connectivity index (χ1) is 9.58. The van der Waals surface area contributed by atoms with Crippen molar-refractivity contribution in [2.75, 3.05) is 5.32 Å². The lowest BCUT2D eigenvalue weighted by molar-refractivity contribution is 0.104. The van der Waals surface area contributed by atoms with Crippen LogP contribution in [0.4, 0.5) is 5.69 Å². The summed E-state index contributed by atoms with van der Waals surface area (Å²) in [6.07, 6.45) is 4.75. The zero-order chi connectivity index (χ0) is 14.5. The predicted molar refractivity (Wildman–Crippen MR) is 82.1 cm³/mol. The molecule has 1 aromatic heterocycles. The molecule has 1 heterocycles. The zero-order valence-electron chi connectivity index (χ0n) is 11.4. The molecule has 3 nitrogen and oxygen atoms in total. The van der Waals surface area contributed by atoms with E-state index in [-0.39, 0.29) is 5.78 Å². The van der Waals surface area contributed by atoms with E-state index in [1.165, 1.54) is 0 Å². The van der Waals surface area contributed by atoms with E-state index in [2.05, 4.69) is 10.3 Å². The Morgan fingerprint density at radius 3 is 2.80 bits per heavy atom. The minimum Gasteiger partial charge on any atom is -0.359 e. The molecule has 0 aliphatic rings. The van der Waals surface area contributed by atoms with E-state index in [1.807, 2.05) is 32.0 Å². The zero-order valence-corrected chi connectivity index (χ0v) is 12.1. The fraction of sp³-hybridized carbons (Fsp3) is 0.125. The van der Waals surface area contributed by atoms with Crippen molar-refractivity contribution >= 4 is 23.1 Å². The van der Waals surface area contributed by atoms with E-state index >= 15 is 0 Å². The minimum atomic E-state index is -0.0808. The number of hydrogen-bond acceptors (Lipinski definition) is 3. The Hall–Kier alpha value is -2.13. The summed E-state index contributed by atoms with van der Waals surface area (Å²) in [7, 11) is 0. The molecule has 0 bridgehead atoms. The minimum absolute atomic E-state index is 0.0808. The smallest absolute Gasteiger partial charge is 0.189 e. The first-order valence-corrected chi connectivity index (χ1v) is 6.60. The number of carbonyl (C=O) groups excluding carboxylic acids is 1. The Kier molecular flexibility index (Phi) is 4.53. The van der Waals surface area contributed by atoms with Gasteiger partial charge in [0.05, 0.1) is 0 Å². The molecule has 0 unspecified atom stereocenters. The van der Waals surface area contributed by atoms with E-state index in [0.717, 1.165) is 16.9 Å². The van der Waals surface area contributed by atoms with Crippen molar-refractivity contribution in [2.24, 2.45) is 0 Å². The van der Waals surface area contributed by atoms with Crippen LogP contribution in [0.1, 0.15) is 22.8 Å². The van der Waals surface area contributed by atoms with E-state index < -0.39 is 0 Å². The average Bonchev–Trinajstić information content (AvgIpc) is 2.45. The fourth-order valence-corrected chi connectivity index (χ4v) is 1.95.